The predicted octanol–water partition coefficient (Wildman–Crippen LogP) is 0.696. The van der Waals surface area contributed by atoms with E-state index in [-0.39, 0.29) is 17.7 Å². The van der Waals surface area contributed by atoms with Gasteiger partial charge < -0.3 is 16.6 Å². The van der Waals surface area contributed by atoms with Crippen LogP contribution < -0.4 is 11.5 Å². The van der Waals surface area contributed by atoms with Crippen molar-refractivity contribution in [3.8, 4) is 5.75 Å². The molecule has 1 aromatic rings. The Balaban J connectivity index is 2.35. The number of hydrogen-bond donors (Lipinski definition) is 3. The molecule has 0 bridgehead atoms. The van der Waals surface area contributed by atoms with Crippen LogP contribution in [0.4, 0.5) is 0 Å². The van der Waals surface area contributed by atoms with Gasteiger partial charge in [0.05, 0.1) is 0 Å². The van der Waals surface area contributed by atoms with E-state index in [1.54, 1.807) is 12.1 Å². The van der Waals surface area contributed by atoms with Crippen LogP contribution in [0, 0.1) is 0 Å². The first-order valence-electron chi connectivity index (χ1n) is 4.96. The molecule has 80 valence electrons. The first-order valence-corrected chi connectivity index (χ1v) is 4.96. The number of phenols is 1. The third-order valence-electron chi connectivity index (χ3n) is 2.91. The van der Waals surface area contributed by atoms with Crippen LogP contribution in [0.15, 0.2) is 18.2 Å². The van der Waals surface area contributed by atoms with Crippen molar-refractivity contribution in [3.63, 3.8) is 0 Å². The molecule has 15 heavy (non-hydrogen) atoms. The van der Waals surface area contributed by atoms with Crippen LogP contribution in [0.25, 0.3) is 0 Å². The highest BCUT2D eigenvalue weighted by Gasteiger charge is 2.30. The second-order valence-electron chi connectivity index (χ2n) is 4.06. The minimum atomic E-state index is -0.453. The number of carbonyl (C=O) groups excluding carboxylic acids is 1. The lowest BCUT2D eigenvalue weighted by Gasteiger charge is -2.33. The van der Waals surface area contributed by atoms with Crippen molar-refractivity contribution in [3.05, 3.63) is 29.3 Å². The van der Waals surface area contributed by atoms with Gasteiger partial charge in [0.1, 0.15) is 5.75 Å². The van der Waals surface area contributed by atoms with Gasteiger partial charge in [0.2, 0.25) is 5.91 Å². The third kappa shape index (κ3) is 1.80. The third-order valence-corrected chi connectivity index (χ3v) is 2.91. The largest absolute Gasteiger partial charge is 0.508 e. The Morgan fingerprint density at radius 1 is 1.40 bits per heavy atom. The highest BCUT2D eigenvalue weighted by atomic mass is 16.3. The molecule has 5 N–H and O–H groups in total. The Morgan fingerprint density at radius 2 is 2.07 bits per heavy atom. The molecule has 4 nitrogen and oxygen atoms in total. The summed E-state index contributed by atoms with van der Waals surface area (Å²) in [5, 5.41) is 9.37. The Bertz CT molecular complexity index is 398. The van der Waals surface area contributed by atoms with Crippen molar-refractivity contribution >= 4 is 5.91 Å². The molecule has 1 fully saturated rings. The van der Waals surface area contributed by atoms with E-state index < -0.39 is 5.91 Å². The van der Waals surface area contributed by atoms with Gasteiger partial charge in [0.25, 0.3) is 0 Å². The number of phenolic OH excluding ortho intramolecular Hbond substituents is 1. The van der Waals surface area contributed by atoms with E-state index in [0.717, 1.165) is 18.4 Å². The van der Waals surface area contributed by atoms with E-state index in [4.69, 9.17) is 11.5 Å². The van der Waals surface area contributed by atoms with Gasteiger partial charge in [-0.1, -0.05) is 0 Å². The van der Waals surface area contributed by atoms with Gasteiger partial charge in [0, 0.05) is 11.6 Å². The fourth-order valence-corrected chi connectivity index (χ4v) is 2.03. The molecule has 1 saturated carbocycles. The summed E-state index contributed by atoms with van der Waals surface area (Å²) in [4.78, 5) is 11.2. The SMILES string of the molecule is NC(=O)c1ccc(O)cc1C1CC(N)C1. The van der Waals surface area contributed by atoms with E-state index in [2.05, 4.69) is 0 Å². The minimum absolute atomic E-state index is 0.162. The van der Waals surface area contributed by atoms with Crippen molar-refractivity contribution in [2.45, 2.75) is 24.8 Å². The lowest BCUT2D eigenvalue weighted by atomic mass is 9.75. The Morgan fingerprint density at radius 3 is 2.60 bits per heavy atom. The summed E-state index contributed by atoms with van der Waals surface area (Å²) >= 11 is 0. The molecule has 0 radical (unpaired) electrons. The molecule has 0 atom stereocenters. The topological polar surface area (TPSA) is 89.3 Å². The standard InChI is InChI=1S/C11H14N2O2/c12-7-3-6(4-7)10-5-8(14)1-2-9(10)11(13)15/h1-2,5-7,14H,3-4,12H2,(H2,13,15). The highest BCUT2D eigenvalue weighted by molar-refractivity contribution is 5.94. The summed E-state index contributed by atoms with van der Waals surface area (Å²) in [5.74, 6) is -0.0319. The molecule has 1 amide bonds. The van der Waals surface area contributed by atoms with Crippen molar-refractivity contribution in [2.24, 2.45) is 11.5 Å². The molecule has 0 aromatic heterocycles. The van der Waals surface area contributed by atoms with E-state index in [1.165, 1.54) is 6.07 Å². The number of carbonyl (C=O) groups is 1. The van der Waals surface area contributed by atoms with Crippen molar-refractivity contribution in [1.29, 1.82) is 0 Å². The summed E-state index contributed by atoms with van der Waals surface area (Å²) in [5.41, 5.74) is 12.3. The number of amides is 1. The molecule has 4 heteroatoms. The van der Waals surface area contributed by atoms with Crippen molar-refractivity contribution < 1.29 is 9.90 Å². The average molecular weight is 206 g/mol. The predicted molar refractivity (Wildman–Crippen MR) is 56.6 cm³/mol. The lowest BCUT2D eigenvalue weighted by Crippen LogP contribution is -2.35. The number of benzene rings is 1. The maximum Gasteiger partial charge on any atom is 0.248 e. The Kier molecular flexibility index (Phi) is 2.36. The van der Waals surface area contributed by atoms with Gasteiger partial charge in [-0.05, 0) is 42.5 Å². The van der Waals surface area contributed by atoms with Crippen LogP contribution >= 0.6 is 0 Å². The van der Waals surface area contributed by atoms with Crippen LogP contribution in [0.5, 0.6) is 5.75 Å². The zero-order valence-corrected chi connectivity index (χ0v) is 8.31. The fourth-order valence-electron chi connectivity index (χ4n) is 2.03. The van der Waals surface area contributed by atoms with Gasteiger partial charge >= 0.3 is 0 Å². The van der Waals surface area contributed by atoms with E-state index in [0.29, 0.717) is 5.56 Å². The first-order chi connectivity index (χ1) is 7.08. The summed E-state index contributed by atoms with van der Waals surface area (Å²) in [6.07, 6.45) is 1.70. The monoisotopic (exact) mass is 206 g/mol. The molecule has 0 heterocycles. The molecule has 2 rings (SSSR count). The van der Waals surface area contributed by atoms with Crippen molar-refractivity contribution in [2.75, 3.05) is 0 Å². The molecule has 0 aliphatic heterocycles. The lowest BCUT2D eigenvalue weighted by molar-refractivity contribution is 0.0998. The number of aromatic hydroxyl groups is 1. The van der Waals surface area contributed by atoms with E-state index >= 15 is 0 Å². The summed E-state index contributed by atoms with van der Waals surface area (Å²) in [6, 6.07) is 4.86. The zero-order valence-electron chi connectivity index (χ0n) is 8.31. The van der Waals surface area contributed by atoms with Gasteiger partial charge in [0.15, 0.2) is 0 Å². The smallest absolute Gasteiger partial charge is 0.248 e. The summed E-state index contributed by atoms with van der Waals surface area (Å²) in [7, 11) is 0. The van der Waals surface area contributed by atoms with Crippen LogP contribution in [0.2, 0.25) is 0 Å². The summed E-state index contributed by atoms with van der Waals surface area (Å²) in [6.45, 7) is 0. The van der Waals surface area contributed by atoms with E-state index in [9.17, 15) is 9.90 Å². The van der Waals surface area contributed by atoms with Crippen LogP contribution in [0.1, 0.15) is 34.7 Å². The second kappa shape index (κ2) is 3.55. The first kappa shape index (κ1) is 9.98. The molecule has 1 aromatic carbocycles. The van der Waals surface area contributed by atoms with Crippen LogP contribution in [-0.4, -0.2) is 17.1 Å². The minimum Gasteiger partial charge on any atom is -0.508 e. The highest BCUT2D eigenvalue weighted by Crippen LogP contribution is 2.38. The van der Waals surface area contributed by atoms with E-state index in [1.807, 2.05) is 0 Å². The van der Waals surface area contributed by atoms with Crippen LogP contribution in [0.3, 0.4) is 0 Å². The number of rotatable bonds is 2. The van der Waals surface area contributed by atoms with Crippen LogP contribution in [-0.2, 0) is 0 Å². The molecule has 0 unspecified atom stereocenters. The Hall–Kier alpha value is -1.55. The zero-order chi connectivity index (χ0) is 11.0. The Labute approximate surface area is 87.9 Å². The summed E-state index contributed by atoms with van der Waals surface area (Å²) < 4.78 is 0. The maximum absolute atomic E-state index is 11.2. The fraction of sp³-hybridized carbons (Fsp3) is 0.364. The molecule has 1 aliphatic carbocycles. The number of hydrogen-bond acceptors (Lipinski definition) is 3. The molecular formula is C11H14N2O2. The normalized spacial score (nSPS) is 24.6. The van der Waals surface area contributed by atoms with Gasteiger partial charge in [-0.2, -0.15) is 0 Å². The molecule has 0 spiro atoms. The number of nitrogens with two attached hydrogens (primary N) is 2. The van der Waals surface area contributed by atoms with Gasteiger partial charge in [-0.3, -0.25) is 4.79 Å². The molecule has 0 saturated heterocycles. The maximum atomic E-state index is 11.2. The quantitative estimate of drug-likeness (QED) is 0.665. The average Bonchev–Trinajstić information content (AvgIpc) is 2.12. The number of primary amides is 1. The van der Waals surface area contributed by atoms with Gasteiger partial charge in [-0.25, -0.2) is 0 Å². The molecule has 1 aliphatic rings. The van der Waals surface area contributed by atoms with Crippen molar-refractivity contribution in [1.82, 2.24) is 0 Å². The second-order valence-corrected chi connectivity index (χ2v) is 4.06. The van der Waals surface area contributed by atoms with Gasteiger partial charge in [-0.15, -0.1) is 0 Å². The molecular weight excluding hydrogens is 192 g/mol.